The highest BCUT2D eigenvalue weighted by molar-refractivity contribution is 5.16. The number of aromatic nitrogens is 1. The summed E-state index contributed by atoms with van der Waals surface area (Å²) < 4.78 is 2.15. The number of nitrogens with zero attached hydrogens (tertiary/aromatic N) is 2. The number of aliphatic hydroxyl groups excluding tert-OH is 1. The van der Waals surface area contributed by atoms with Crippen LogP contribution in [0.1, 0.15) is 57.6 Å². The van der Waals surface area contributed by atoms with E-state index in [2.05, 4.69) is 23.0 Å². The molecular formula is C16H24N2O. The van der Waals surface area contributed by atoms with E-state index < -0.39 is 0 Å². The van der Waals surface area contributed by atoms with Gasteiger partial charge < -0.3 is 9.67 Å². The molecule has 2 rings (SSSR count). The predicted octanol–water partition coefficient (Wildman–Crippen LogP) is 3.65. The van der Waals surface area contributed by atoms with Crippen LogP contribution in [0.5, 0.6) is 0 Å². The number of hydrogen-bond donors (Lipinski definition) is 1. The van der Waals surface area contributed by atoms with Gasteiger partial charge in [-0.2, -0.15) is 5.26 Å². The summed E-state index contributed by atoms with van der Waals surface area (Å²) in [6, 6.07) is 4.37. The largest absolute Gasteiger partial charge is 0.388 e. The van der Waals surface area contributed by atoms with Crippen molar-refractivity contribution in [1.29, 1.82) is 5.26 Å². The molecule has 19 heavy (non-hydrogen) atoms. The van der Waals surface area contributed by atoms with Gasteiger partial charge in [-0.3, -0.25) is 0 Å². The first-order chi connectivity index (χ1) is 9.02. The van der Waals surface area contributed by atoms with Crippen LogP contribution in [0.2, 0.25) is 0 Å². The lowest BCUT2D eigenvalue weighted by molar-refractivity contribution is 0.154. The maximum atomic E-state index is 10.0. The average Bonchev–Trinajstić information content (AvgIpc) is 3.13. The molecule has 0 bridgehead atoms. The summed E-state index contributed by atoms with van der Waals surface area (Å²) in [4.78, 5) is 0. The number of rotatable bonds is 7. The Hall–Kier alpha value is -1.27. The van der Waals surface area contributed by atoms with Crippen LogP contribution in [0, 0.1) is 22.7 Å². The Bertz CT molecular complexity index is 452. The van der Waals surface area contributed by atoms with Crippen LogP contribution in [0.3, 0.4) is 0 Å². The van der Waals surface area contributed by atoms with Crippen molar-refractivity contribution in [1.82, 2.24) is 4.57 Å². The van der Waals surface area contributed by atoms with E-state index in [9.17, 15) is 5.11 Å². The summed E-state index contributed by atoms with van der Waals surface area (Å²) in [5.74, 6) is 0.493. The van der Waals surface area contributed by atoms with Gasteiger partial charge in [0.15, 0.2) is 0 Å². The highest BCUT2D eigenvalue weighted by atomic mass is 16.3. The van der Waals surface area contributed by atoms with Crippen molar-refractivity contribution in [2.24, 2.45) is 11.3 Å². The highest BCUT2D eigenvalue weighted by Crippen LogP contribution is 2.40. The Morgan fingerprint density at radius 2 is 2.21 bits per heavy atom. The molecule has 0 aliphatic heterocycles. The number of unbranched alkanes of at least 4 members (excludes halogenated alkanes) is 1. The summed E-state index contributed by atoms with van der Waals surface area (Å²) in [6.45, 7) is 4.96. The van der Waals surface area contributed by atoms with Crippen molar-refractivity contribution in [2.45, 2.75) is 58.6 Å². The Balaban J connectivity index is 1.73. The van der Waals surface area contributed by atoms with Crippen molar-refractivity contribution in [2.75, 3.05) is 0 Å². The Kier molecular flexibility index (Phi) is 4.31. The minimum absolute atomic E-state index is 0.204. The van der Waals surface area contributed by atoms with Gasteiger partial charge in [0.2, 0.25) is 0 Å². The van der Waals surface area contributed by atoms with Crippen LogP contribution < -0.4 is 0 Å². The third kappa shape index (κ3) is 4.11. The van der Waals surface area contributed by atoms with Crippen molar-refractivity contribution in [3.8, 4) is 6.07 Å². The van der Waals surface area contributed by atoms with Crippen molar-refractivity contribution < 1.29 is 5.11 Å². The Labute approximate surface area is 115 Å². The third-order valence-electron chi connectivity index (χ3n) is 3.95. The van der Waals surface area contributed by atoms with Crippen LogP contribution >= 0.6 is 0 Å². The van der Waals surface area contributed by atoms with E-state index in [0.29, 0.717) is 5.92 Å². The van der Waals surface area contributed by atoms with Gasteiger partial charge in [-0.15, -0.1) is 0 Å². The first-order valence-electron chi connectivity index (χ1n) is 7.27. The molecule has 0 radical (unpaired) electrons. The normalized spacial score (nSPS) is 17.2. The highest BCUT2D eigenvalue weighted by Gasteiger charge is 2.31. The minimum atomic E-state index is -0.265. The molecule has 0 spiro atoms. The van der Waals surface area contributed by atoms with E-state index >= 15 is 0 Å². The van der Waals surface area contributed by atoms with Crippen molar-refractivity contribution in [3.05, 3.63) is 24.0 Å². The van der Waals surface area contributed by atoms with Gasteiger partial charge in [-0.1, -0.05) is 6.42 Å². The summed E-state index contributed by atoms with van der Waals surface area (Å²) >= 11 is 0. The van der Waals surface area contributed by atoms with E-state index in [4.69, 9.17) is 5.26 Å². The second kappa shape index (κ2) is 5.79. The number of nitriles is 1. The van der Waals surface area contributed by atoms with Crippen LogP contribution in [-0.2, 0) is 6.54 Å². The molecule has 1 heterocycles. The molecule has 0 saturated heterocycles. The van der Waals surface area contributed by atoms with Crippen LogP contribution in [0.15, 0.2) is 18.5 Å². The standard InChI is InChI=1S/C16H24N2O/c1-16(2,12-17)8-3-4-9-18-10-7-14(11-18)15(19)13-5-6-13/h7,10-11,13,15,19H,3-6,8-9H2,1-2H3. The summed E-state index contributed by atoms with van der Waals surface area (Å²) in [6.07, 6.45) is 9.28. The second-order valence-electron chi connectivity index (χ2n) is 6.42. The van der Waals surface area contributed by atoms with Gasteiger partial charge >= 0.3 is 0 Å². The van der Waals surface area contributed by atoms with Crippen LogP contribution in [-0.4, -0.2) is 9.67 Å². The molecule has 3 nitrogen and oxygen atoms in total. The number of aliphatic hydroxyl groups is 1. The zero-order valence-corrected chi connectivity index (χ0v) is 12.0. The molecule has 1 saturated carbocycles. The lowest BCUT2D eigenvalue weighted by Gasteiger charge is -2.14. The third-order valence-corrected chi connectivity index (χ3v) is 3.95. The SMILES string of the molecule is CC(C)(C#N)CCCCn1ccc(C(O)C2CC2)c1. The molecular weight excluding hydrogens is 236 g/mol. The second-order valence-corrected chi connectivity index (χ2v) is 6.42. The fourth-order valence-corrected chi connectivity index (χ4v) is 2.37. The molecule has 1 atom stereocenters. The van der Waals surface area contributed by atoms with Crippen molar-refractivity contribution >= 4 is 0 Å². The monoisotopic (exact) mass is 260 g/mol. The molecule has 1 fully saturated rings. The first-order valence-corrected chi connectivity index (χ1v) is 7.27. The first kappa shape index (κ1) is 14.1. The van der Waals surface area contributed by atoms with Gasteiger partial charge in [0, 0.05) is 18.9 Å². The van der Waals surface area contributed by atoms with E-state index in [1.165, 1.54) is 0 Å². The minimum Gasteiger partial charge on any atom is -0.388 e. The van der Waals surface area contributed by atoms with Crippen molar-refractivity contribution in [3.63, 3.8) is 0 Å². The molecule has 1 aliphatic carbocycles. The fourth-order valence-electron chi connectivity index (χ4n) is 2.37. The van der Waals surface area contributed by atoms with Gasteiger partial charge in [-0.05, 0) is 57.1 Å². The zero-order valence-electron chi connectivity index (χ0n) is 12.0. The van der Waals surface area contributed by atoms with Crippen LogP contribution in [0.25, 0.3) is 0 Å². The van der Waals surface area contributed by atoms with Gasteiger partial charge in [0.25, 0.3) is 0 Å². The predicted molar refractivity (Wildman–Crippen MR) is 75.4 cm³/mol. The summed E-state index contributed by atoms with van der Waals surface area (Å²) in [7, 11) is 0. The molecule has 1 unspecified atom stereocenters. The molecule has 3 heteroatoms. The van der Waals surface area contributed by atoms with Crippen LogP contribution in [0.4, 0.5) is 0 Å². The molecule has 1 aliphatic rings. The number of aryl methyl sites for hydroxylation is 1. The summed E-state index contributed by atoms with van der Waals surface area (Å²) in [5.41, 5.74) is 0.851. The molecule has 0 amide bonds. The maximum absolute atomic E-state index is 10.0. The molecule has 1 aromatic rings. The lowest BCUT2D eigenvalue weighted by atomic mass is 9.89. The topological polar surface area (TPSA) is 49.0 Å². The quantitative estimate of drug-likeness (QED) is 0.761. The average molecular weight is 260 g/mol. The molecule has 104 valence electrons. The van der Waals surface area contributed by atoms with Gasteiger partial charge in [-0.25, -0.2) is 0 Å². The van der Waals surface area contributed by atoms with E-state index in [0.717, 1.165) is 44.2 Å². The molecule has 0 aromatic carbocycles. The Morgan fingerprint density at radius 3 is 2.84 bits per heavy atom. The number of hydrogen-bond acceptors (Lipinski definition) is 2. The van der Waals surface area contributed by atoms with Gasteiger partial charge in [0.1, 0.15) is 0 Å². The summed E-state index contributed by atoms with van der Waals surface area (Å²) in [5, 5.41) is 19.0. The zero-order chi connectivity index (χ0) is 13.9. The smallest absolute Gasteiger partial charge is 0.0832 e. The fraction of sp³-hybridized carbons (Fsp3) is 0.688. The maximum Gasteiger partial charge on any atom is 0.0832 e. The van der Waals surface area contributed by atoms with E-state index in [1.54, 1.807) is 0 Å². The lowest BCUT2D eigenvalue weighted by Crippen LogP contribution is -2.07. The van der Waals surface area contributed by atoms with E-state index in [-0.39, 0.29) is 11.5 Å². The Morgan fingerprint density at radius 1 is 1.47 bits per heavy atom. The molecule has 1 aromatic heterocycles. The van der Waals surface area contributed by atoms with E-state index in [1.807, 2.05) is 19.9 Å². The van der Waals surface area contributed by atoms with Gasteiger partial charge in [0.05, 0.1) is 17.6 Å². The molecule has 1 N–H and O–H groups in total.